The van der Waals surface area contributed by atoms with E-state index in [1.54, 1.807) is 7.11 Å². The molecular formula is C14H25N3O2. The van der Waals surface area contributed by atoms with Gasteiger partial charge in [0.1, 0.15) is 6.54 Å². The fourth-order valence-electron chi connectivity index (χ4n) is 1.69. The van der Waals surface area contributed by atoms with E-state index < -0.39 is 0 Å². The second-order valence-corrected chi connectivity index (χ2v) is 4.74. The van der Waals surface area contributed by atoms with E-state index in [0.717, 1.165) is 19.5 Å². The van der Waals surface area contributed by atoms with E-state index in [1.807, 2.05) is 30.0 Å². The molecule has 0 aliphatic rings. The Morgan fingerprint density at radius 2 is 2.32 bits per heavy atom. The minimum absolute atomic E-state index is 0.0591. The number of rotatable bonds is 9. The minimum Gasteiger partial charge on any atom is -0.383 e. The van der Waals surface area contributed by atoms with E-state index in [-0.39, 0.29) is 11.9 Å². The average molecular weight is 267 g/mol. The maximum atomic E-state index is 11.7. The second kappa shape index (κ2) is 8.72. The molecule has 1 aromatic heterocycles. The third-order valence-corrected chi connectivity index (χ3v) is 2.97. The quantitative estimate of drug-likeness (QED) is 0.660. The Kier molecular flexibility index (Phi) is 7.22. The molecule has 1 aromatic rings. The van der Waals surface area contributed by atoms with Crippen molar-refractivity contribution < 1.29 is 9.53 Å². The van der Waals surface area contributed by atoms with Gasteiger partial charge in [0.25, 0.3) is 0 Å². The highest BCUT2D eigenvalue weighted by Crippen LogP contribution is 2.01. The fourth-order valence-corrected chi connectivity index (χ4v) is 1.69. The highest BCUT2D eigenvalue weighted by atomic mass is 16.5. The lowest BCUT2D eigenvalue weighted by atomic mass is 10.2. The normalized spacial score (nSPS) is 12.4. The third kappa shape index (κ3) is 6.40. The van der Waals surface area contributed by atoms with E-state index in [9.17, 15) is 4.79 Å². The molecular weight excluding hydrogens is 242 g/mol. The van der Waals surface area contributed by atoms with Crippen LogP contribution in [0.25, 0.3) is 0 Å². The molecule has 5 heteroatoms. The van der Waals surface area contributed by atoms with Gasteiger partial charge in [0.15, 0.2) is 0 Å². The summed E-state index contributed by atoms with van der Waals surface area (Å²) in [5, 5.41) is 6.23. The van der Waals surface area contributed by atoms with Crippen LogP contribution in [0.5, 0.6) is 0 Å². The van der Waals surface area contributed by atoms with Crippen LogP contribution in [0.2, 0.25) is 0 Å². The number of hydrogen-bond acceptors (Lipinski definition) is 3. The van der Waals surface area contributed by atoms with Gasteiger partial charge in [-0.2, -0.15) is 0 Å². The Morgan fingerprint density at radius 3 is 3.00 bits per heavy atom. The molecule has 1 amide bonds. The van der Waals surface area contributed by atoms with Gasteiger partial charge in [0, 0.05) is 38.6 Å². The molecule has 0 radical (unpaired) electrons. The van der Waals surface area contributed by atoms with Crippen LogP contribution in [0.15, 0.2) is 18.5 Å². The number of nitrogens with zero attached hydrogens (tertiary/aromatic N) is 1. The van der Waals surface area contributed by atoms with Crippen molar-refractivity contribution in [1.29, 1.82) is 0 Å². The van der Waals surface area contributed by atoms with E-state index >= 15 is 0 Å². The number of methoxy groups -OCH3 is 1. The molecule has 0 aromatic carbocycles. The predicted octanol–water partition coefficient (Wildman–Crippen LogP) is 1.14. The smallest absolute Gasteiger partial charge is 0.240 e. The number of nitrogens with one attached hydrogen (secondary N) is 2. The summed E-state index contributed by atoms with van der Waals surface area (Å²) in [7, 11) is 1.69. The van der Waals surface area contributed by atoms with Crippen LogP contribution < -0.4 is 10.6 Å². The first kappa shape index (κ1) is 15.7. The van der Waals surface area contributed by atoms with Crippen molar-refractivity contribution in [3.8, 4) is 0 Å². The molecule has 1 rings (SSSR count). The Bertz CT molecular complexity index is 377. The number of aromatic nitrogens is 1. The van der Waals surface area contributed by atoms with E-state index in [2.05, 4.69) is 17.6 Å². The number of carbonyl (C=O) groups is 1. The van der Waals surface area contributed by atoms with Crippen LogP contribution in [0.1, 0.15) is 25.8 Å². The van der Waals surface area contributed by atoms with Crippen LogP contribution in [-0.4, -0.2) is 36.8 Å². The largest absolute Gasteiger partial charge is 0.383 e. The summed E-state index contributed by atoms with van der Waals surface area (Å²) in [4.78, 5) is 11.7. The first-order valence-electron chi connectivity index (χ1n) is 6.79. The first-order valence-corrected chi connectivity index (χ1v) is 6.79. The molecule has 0 saturated carbocycles. The van der Waals surface area contributed by atoms with Gasteiger partial charge in [0.05, 0.1) is 6.61 Å². The lowest BCUT2D eigenvalue weighted by molar-refractivity contribution is -0.122. The maximum absolute atomic E-state index is 11.7. The summed E-state index contributed by atoms with van der Waals surface area (Å²) in [6, 6.07) is 2.26. The summed E-state index contributed by atoms with van der Waals surface area (Å²) in [6.45, 7) is 6.78. The van der Waals surface area contributed by atoms with Gasteiger partial charge >= 0.3 is 0 Å². The standard InChI is InChI=1S/C14H25N3O2/c1-4-12(2)16-14(18)11-17-7-5-13(10-17)9-15-6-8-19-3/h5,7,10,12,15H,4,6,8-9,11H2,1-3H3,(H,16,18). The second-order valence-electron chi connectivity index (χ2n) is 4.74. The zero-order valence-electron chi connectivity index (χ0n) is 12.1. The molecule has 0 spiro atoms. The van der Waals surface area contributed by atoms with Gasteiger partial charge in [-0.25, -0.2) is 0 Å². The highest BCUT2D eigenvalue weighted by molar-refractivity contribution is 5.76. The Morgan fingerprint density at radius 1 is 1.53 bits per heavy atom. The Hall–Kier alpha value is -1.33. The van der Waals surface area contributed by atoms with Crippen LogP contribution in [-0.2, 0) is 22.6 Å². The van der Waals surface area contributed by atoms with Crippen molar-refractivity contribution in [3.05, 3.63) is 24.0 Å². The van der Waals surface area contributed by atoms with E-state index in [0.29, 0.717) is 13.2 Å². The molecule has 1 atom stereocenters. The van der Waals surface area contributed by atoms with Gasteiger partial charge in [0.2, 0.25) is 5.91 Å². The van der Waals surface area contributed by atoms with Crippen LogP contribution >= 0.6 is 0 Å². The van der Waals surface area contributed by atoms with Crippen molar-refractivity contribution in [1.82, 2.24) is 15.2 Å². The topological polar surface area (TPSA) is 55.3 Å². The highest BCUT2D eigenvalue weighted by Gasteiger charge is 2.06. The van der Waals surface area contributed by atoms with Crippen molar-refractivity contribution in [2.75, 3.05) is 20.3 Å². The van der Waals surface area contributed by atoms with Gasteiger partial charge in [-0.15, -0.1) is 0 Å². The maximum Gasteiger partial charge on any atom is 0.240 e. The Balaban J connectivity index is 2.31. The average Bonchev–Trinajstić information content (AvgIpc) is 2.82. The molecule has 2 N–H and O–H groups in total. The number of carbonyl (C=O) groups excluding carboxylic acids is 1. The third-order valence-electron chi connectivity index (χ3n) is 2.97. The molecule has 0 saturated heterocycles. The summed E-state index contributed by atoms with van der Waals surface area (Å²) in [5.74, 6) is 0.0591. The summed E-state index contributed by atoms with van der Waals surface area (Å²) in [6.07, 6.45) is 4.88. The molecule has 1 unspecified atom stereocenters. The van der Waals surface area contributed by atoms with Crippen molar-refractivity contribution >= 4 is 5.91 Å². The summed E-state index contributed by atoms with van der Waals surface area (Å²) < 4.78 is 6.87. The van der Waals surface area contributed by atoms with Crippen LogP contribution in [0, 0.1) is 0 Å². The zero-order valence-corrected chi connectivity index (χ0v) is 12.1. The number of ether oxygens (including phenoxy) is 1. The van der Waals surface area contributed by atoms with Crippen LogP contribution in [0.3, 0.4) is 0 Å². The predicted molar refractivity (Wildman–Crippen MR) is 75.9 cm³/mol. The first-order chi connectivity index (χ1) is 9.15. The van der Waals surface area contributed by atoms with Gasteiger partial charge in [-0.1, -0.05) is 6.92 Å². The van der Waals surface area contributed by atoms with Crippen LogP contribution in [0.4, 0.5) is 0 Å². The minimum atomic E-state index is 0.0591. The number of hydrogen-bond donors (Lipinski definition) is 2. The summed E-state index contributed by atoms with van der Waals surface area (Å²) >= 11 is 0. The monoisotopic (exact) mass is 267 g/mol. The van der Waals surface area contributed by atoms with E-state index in [4.69, 9.17) is 4.74 Å². The molecule has 0 bridgehead atoms. The molecule has 19 heavy (non-hydrogen) atoms. The lowest BCUT2D eigenvalue weighted by Gasteiger charge is -2.11. The van der Waals surface area contributed by atoms with Crippen molar-refractivity contribution in [2.45, 2.75) is 39.4 Å². The summed E-state index contributed by atoms with van der Waals surface area (Å²) in [5.41, 5.74) is 1.17. The molecule has 108 valence electrons. The SMILES string of the molecule is CCC(C)NC(=O)Cn1ccc(CNCCOC)c1. The molecule has 1 heterocycles. The van der Waals surface area contributed by atoms with E-state index in [1.165, 1.54) is 5.56 Å². The van der Waals surface area contributed by atoms with Gasteiger partial charge in [-0.05, 0) is 25.0 Å². The molecule has 0 fully saturated rings. The van der Waals surface area contributed by atoms with Gasteiger partial charge in [-0.3, -0.25) is 4.79 Å². The van der Waals surface area contributed by atoms with Gasteiger partial charge < -0.3 is 19.9 Å². The molecule has 5 nitrogen and oxygen atoms in total. The fraction of sp³-hybridized carbons (Fsp3) is 0.643. The van der Waals surface area contributed by atoms with Crippen molar-refractivity contribution in [2.24, 2.45) is 0 Å². The zero-order chi connectivity index (χ0) is 14.1. The lowest BCUT2D eigenvalue weighted by Crippen LogP contribution is -2.34. The Labute approximate surface area is 115 Å². The molecule has 0 aliphatic heterocycles. The number of amides is 1. The van der Waals surface area contributed by atoms with Crippen molar-refractivity contribution in [3.63, 3.8) is 0 Å². The molecule has 0 aliphatic carbocycles.